The van der Waals surface area contributed by atoms with E-state index in [1.165, 1.54) is 11.3 Å². The van der Waals surface area contributed by atoms with E-state index in [4.69, 9.17) is 9.84 Å². The van der Waals surface area contributed by atoms with E-state index < -0.39 is 5.97 Å². The molecule has 0 aliphatic carbocycles. The van der Waals surface area contributed by atoms with Crippen LogP contribution in [-0.4, -0.2) is 46.3 Å². The molecule has 0 saturated carbocycles. The van der Waals surface area contributed by atoms with Gasteiger partial charge in [0, 0.05) is 13.1 Å². The first-order valence-electron chi connectivity index (χ1n) is 6.03. The van der Waals surface area contributed by atoms with E-state index in [0.29, 0.717) is 17.1 Å². The molecule has 1 aromatic rings. The molecule has 18 heavy (non-hydrogen) atoms. The monoisotopic (exact) mass is 270 g/mol. The van der Waals surface area contributed by atoms with Crippen LogP contribution in [0, 0.1) is 6.92 Å². The molecule has 1 aliphatic heterocycles. The number of aromatic carboxylic acids is 1. The molecule has 1 N–H and O–H groups in total. The van der Waals surface area contributed by atoms with E-state index in [-0.39, 0.29) is 12.2 Å². The van der Waals surface area contributed by atoms with E-state index in [1.54, 1.807) is 6.92 Å². The average Bonchev–Trinajstić information content (AvgIpc) is 2.57. The lowest BCUT2D eigenvalue weighted by Crippen LogP contribution is -2.44. The number of aryl methyl sites for hydroxylation is 1. The molecule has 2 unspecified atom stereocenters. The minimum Gasteiger partial charge on any atom is -0.477 e. The van der Waals surface area contributed by atoms with E-state index in [1.807, 2.05) is 0 Å². The van der Waals surface area contributed by atoms with Gasteiger partial charge in [0.15, 0.2) is 0 Å². The maximum atomic E-state index is 11.0. The SMILES string of the molecule is Cc1nc(CN2CC(C)OC(C)C2)sc1C(=O)O. The summed E-state index contributed by atoms with van der Waals surface area (Å²) in [5, 5.41) is 9.87. The number of nitrogens with zero attached hydrogens (tertiary/aromatic N) is 2. The fraction of sp³-hybridized carbons (Fsp3) is 0.667. The van der Waals surface area contributed by atoms with Gasteiger partial charge in [-0.1, -0.05) is 0 Å². The predicted molar refractivity (Wildman–Crippen MR) is 69.1 cm³/mol. The highest BCUT2D eigenvalue weighted by molar-refractivity contribution is 7.13. The summed E-state index contributed by atoms with van der Waals surface area (Å²) in [5.41, 5.74) is 0.608. The zero-order valence-corrected chi connectivity index (χ0v) is 11.7. The smallest absolute Gasteiger partial charge is 0.347 e. The highest BCUT2D eigenvalue weighted by Crippen LogP contribution is 2.21. The molecule has 1 fully saturated rings. The molecule has 6 heteroatoms. The van der Waals surface area contributed by atoms with Gasteiger partial charge in [0.05, 0.1) is 24.4 Å². The number of thiazole rings is 1. The first kappa shape index (κ1) is 13.5. The summed E-state index contributed by atoms with van der Waals surface area (Å²) in [6.45, 7) is 8.29. The number of carboxylic acids is 1. The third-order valence-electron chi connectivity index (χ3n) is 2.89. The van der Waals surface area contributed by atoms with Crippen molar-refractivity contribution < 1.29 is 14.6 Å². The van der Waals surface area contributed by atoms with Crippen LogP contribution in [0.4, 0.5) is 0 Å². The molecule has 0 radical (unpaired) electrons. The largest absolute Gasteiger partial charge is 0.477 e. The van der Waals surface area contributed by atoms with Gasteiger partial charge in [-0.3, -0.25) is 4.90 Å². The Morgan fingerprint density at radius 2 is 2.11 bits per heavy atom. The van der Waals surface area contributed by atoms with E-state index in [9.17, 15) is 4.79 Å². The lowest BCUT2D eigenvalue weighted by atomic mass is 10.2. The minimum atomic E-state index is -0.889. The fourth-order valence-electron chi connectivity index (χ4n) is 2.32. The van der Waals surface area contributed by atoms with Gasteiger partial charge in [-0.05, 0) is 20.8 Å². The highest BCUT2D eigenvalue weighted by atomic mass is 32.1. The van der Waals surface area contributed by atoms with Crippen molar-refractivity contribution in [3.05, 3.63) is 15.6 Å². The number of carboxylic acid groups (broad SMARTS) is 1. The molecule has 1 aromatic heterocycles. The van der Waals surface area contributed by atoms with Crippen LogP contribution in [0.1, 0.15) is 34.2 Å². The van der Waals surface area contributed by atoms with Gasteiger partial charge in [0.25, 0.3) is 0 Å². The Bertz CT molecular complexity index is 437. The molecule has 2 heterocycles. The third-order valence-corrected chi connectivity index (χ3v) is 4.02. The van der Waals surface area contributed by atoms with Gasteiger partial charge < -0.3 is 9.84 Å². The normalized spacial score (nSPS) is 25.3. The summed E-state index contributed by atoms with van der Waals surface area (Å²) in [5.74, 6) is -0.889. The Balaban J connectivity index is 2.05. The van der Waals surface area contributed by atoms with Crippen molar-refractivity contribution >= 4 is 17.3 Å². The molecule has 0 amide bonds. The topological polar surface area (TPSA) is 62.7 Å². The predicted octanol–water partition coefficient (Wildman–Crippen LogP) is 1.76. The summed E-state index contributed by atoms with van der Waals surface area (Å²) in [4.78, 5) is 17.9. The summed E-state index contributed by atoms with van der Waals surface area (Å²) >= 11 is 1.27. The van der Waals surface area contributed by atoms with E-state index >= 15 is 0 Å². The molecule has 0 spiro atoms. The summed E-state index contributed by atoms with van der Waals surface area (Å²) in [7, 11) is 0. The molecule has 0 aromatic carbocycles. The Morgan fingerprint density at radius 1 is 1.50 bits per heavy atom. The molecular weight excluding hydrogens is 252 g/mol. The maximum absolute atomic E-state index is 11.0. The number of rotatable bonds is 3. The van der Waals surface area contributed by atoms with Gasteiger partial charge in [0.2, 0.25) is 0 Å². The number of carbonyl (C=O) groups is 1. The second kappa shape index (κ2) is 5.34. The summed E-state index contributed by atoms with van der Waals surface area (Å²) in [6.07, 6.45) is 0.433. The molecule has 0 bridgehead atoms. The van der Waals surface area contributed by atoms with Crippen LogP contribution in [0.3, 0.4) is 0 Å². The van der Waals surface area contributed by atoms with Crippen LogP contribution in [0.25, 0.3) is 0 Å². The van der Waals surface area contributed by atoms with Gasteiger partial charge in [-0.2, -0.15) is 0 Å². The zero-order chi connectivity index (χ0) is 13.3. The number of ether oxygens (including phenoxy) is 1. The Kier molecular flexibility index (Phi) is 3.99. The highest BCUT2D eigenvalue weighted by Gasteiger charge is 2.23. The van der Waals surface area contributed by atoms with Crippen LogP contribution in [0.5, 0.6) is 0 Å². The summed E-state index contributed by atoms with van der Waals surface area (Å²) in [6, 6.07) is 0. The van der Waals surface area contributed by atoms with Crippen molar-refractivity contribution in [2.75, 3.05) is 13.1 Å². The molecule has 2 rings (SSSR count). The van der Waals surface area contributed by atoms with Crippen molar-refractivity contribution in [3.8, 4) is 0 Å². The number of hydrogen-bond donors (Lipinski definition) is 1. The zero-order valence-electron chi connectivity index (χ0n) is 10.8. The summed E-state index contributed by atoms with van der Waals surface area (Å²) < 4.78 is 5.67. The van der Waals surface area contributed by atoms with E-state index in [2.05, 4.69) is 23.7 Å². The lowest BCUT2D eigenvalue weighted by Gasteiger charge is -2.34. The first-order chi connectivity index (χ1) is 8.45. The van der Waals surface area contributed by atoms with Crippen molar-refractivity contribution in [2.45, 2.75) is 39.5 Å². The Morgan fingerprint density at radius 3 is 2.61 bits per heavy atom. The number of morpholine rings is 1. The molecular formula is C12H18N2O3S. The molecule has 5 nitrogen and oxygen atoms in total. The lowest BCUT2D eigenvalue weighted by molar-refractivity contribution is -0.0705. The molecule has 2 atom stereocenters. The third kappa shape index (κ3) is 3.07. The van der Waals surface area contributed by atoms with Crippen LogP contribution >= 0.6 is 11.3 Å². The van der Waals surface area contributed by atoms with Crippen LogP contribution in [0.15, 0.2) is 0 Å². The quantitative estimate of drug-likeness (QED) is 0.906. The average molecular weight is 270 g/mol. The molecule has 1 saturated heterocycles. The van der Waals surface area contributed by atoms with Crippen molar-refractivity contribution in [3.63, 3.8) is 0 Å². The van der Waals surface area contributed by atoms with Crippen LogP contribution in [-0.2, 0) is 11.3 Å². The van der Waals surface area contributed by atoms with Gasteiger partial charge in [-0.15, -0.1) is 11.3 Å². The van der Waals surface area contributed by atoms with Crippen molar-refractivity contribution in [1.82, 2.24) is 9.88 Å². The first-order valence-corrected chi connectivity index (χ1v) is 6.84. The Hall–Kier alpha value is -0.980. The number of aromatic nitrogens is 1. The van der Waals surface area contributed by atoms with Gasteiger partial charge in [-0.25, -0.2) is 9.78 Å². The van der Waals surface area contributed by atoms with Crippen molar-refractivity contribution in [1.29, 1.82) is 0 Å². The van der Waals surface area contributed by atoms with E-state index in [0.717, 1.165) is 18.1 Å². The fourth-order valence-corrected chi connectivity index (χ4v) is 3.27. The van der Waals surface area contributed by atoms with Crippen LogP contribution in [0.2, 0.25) is 0 Å². The molecule has 100 valence electrons. The van der Waals surface area contributed by atoms with Crippen LogP contribution < -0.4 is 0 Å². The standard InChI is InChI=1S/C12H18N2O3S/c1-7-4-14(5-8(2)17-7)6-10-13-9(3)11(18-10)12(15)16/h7-8H,4-6H2,1-3H3,(H,15,16). The molecule has 1 aliphatic rings. The Labute approximate surface area is 110 Å². The minimum absolute atomic E-state index is 0.216. The second-order valence-corrected chi connectivity index (χ2v) is 5.86. The maximum Gasteiger partial charge on any atom is 0.347 e. The number of hydrogen-bond acceptors (Lipinski definition) is 5. The van der Waals surface area contributed by atoms with Gasteiger partial charge in [0.1, 0.15) is 9.88 Å². The second-order valence-electron chi connectivity index (χ2n) is 4.78. The van der Waals surface area contributed by atoms with Gasteiger partial charge >= 0.3 is 5.97 Å². The van der Waals surface area contributed by atoms with Crippen molar-refractivity contribution in [2.24, 2.45) is 0 Å².